The van der Waals surface area contributed by atoms with Crippen LogP contribution in [0.15, 0.2) is 142 Å². The zero-order chi connectivity index (χ0) is 43.8. The molecule has 7 aromatic rings. The smallest absolute Gasteiger partial charge is 0.0737 e. The van der Waals surface area contributed by atoms with Gasteiger partial charge >= 0.3 is 0 Å². The van der Waals surface area contributed by atoms with E-state index in [0.29, 0.717) is 22.8 Å². The van der Waals surface area contributed by atoms with Crippen LogP contribution in [0.3, 0.4) is 0 Å². The molecule has 64 heavy (non-hydrogen) atoms. The van der Waals surface area contributed by atoms with E-state index in [1.807, 2.05) is 146 Å². The maximum atomic E-state index is 9.14. The van der Waals surface area contributed by atoms with Crippen molar-refractivity contribution in [1.29, 1.82) is 0 Å². The number of hydrogen-bond donors (Lipinski definition) is 2. The lowest BCUT2D eigenvalue weighted by molar-refractivity contribution is 1.05. The summed E-state index contributed by atoms with van der Waals surface area (Å²) >= 11 is 0. The second kappa shape index (κ2) is 18.1. The molecule has 0 radical (unpaired) electrons. The van der Waals surface area contributed by atoms with E-state index in [9.17, 15) is 0 Å². The Morgan fingerprint density at radius 3 is 0.844 bits per heavy atom. The monoisotopic (exact) mass is 834 g/mol. The van der Waals surface area contributed by atoms with Crippen molar-refractivity contribution < 1.29 is 0 Å². The SMILES string of the molecule is [N-]=[N+]=NCc1cccc(-c2c3nc(c(-c4cccc(CN=[N+]=[N-])c4)c4ccc([nH]4)c(-c4cccc(CN=[N+]=[N-])c4)c4nc(c(-c5cccc(CN=[N+]=[N-])c5)c5ccc2[nH]5)C=C4)C=C3)c1. The van der Waals surface area contributed by atoms with Crippen molar-refractivity contribution in [3.63, 3.8) is 0 Å². The summed E-state index contributed by atoms with van der Waals surface area (Å²) in [5.74, 6) is 0. The highest BCUT2D eigenvalue weighted by Gasteiger charge is 2.20. The normalized spacial score (nSPS) is 11.2. The third kappa shape index (κ3) is 8.25. The quantitative estimate of drug-likeness (QED) is 0.0692. The highest BCUT2D eigenvalue weighted by Crippen LogP contribution is 2.39. The Morgan fingerprint density at radius 1 is 0.359 bits per heavy atom. The molecule has 4 aromatic carbocycles. The number of nitrogens with one attached hydrogen (secondary N) is 2. The van der Waals surface area contributed by atoms with Crippen LogP contribution < -0.4 is 0 Å². The summed E-state index contributed by atoms with van der Waals surface area (Å²) in [6, 6.07) is 39.6. The molecule has 0 saturated carbocycles. The molecule has 0 fully saturated rings. The lowest BCUT2D eigenvalue weighted by atomic mass is 10.0. The number of aromatic amines is 2. The van der Waals surface area contributed by atoms with E-state index >= 15 is 0 Å². The molecular formula is C48H34N16. The van der Waals surface area contributed by atoms with Gasteiger partial charge in [0, 0.05) is 64.0 Å². The Hall–Kier alpha value is -9.28. The Labute approximate surface area is 364 Å². The predicted molar refractivity (Wildman–Crippen MR) is 252 cm³/mol. The minimum atomic E-state index is 0.179. The van der Waals surface area contributed by atoms with Crippen LogP contribution in [0.1, 0.15) is 45.0 Å². The molecule has 0 saturated heterocycles. The van der Waals surface area contributed by atoms with E-state index < -0.39 is 0 Å². The summed E-state index contributed by atoms with van der Waals surface area (Å²) in [6.45, 7) is 0.717. The molecule has 16 nitrogen and oxygen atoms in total. The summed E-state index contributed by atoms with van der Waals surface area (Å²) in [7, 11) is 0. The number of H-pyrrole nitrogens is 2. The summed E-state index contributed by atoms with van der Waals surface area (Å²) in [5.41, 5.74) is 52.5. The fourth-order valence-corrected chi connectivity index (χ4v) is 8.17. The van der Waals surface area contributed by atoms with Gasteiger partial charge in [-0.3, -0.25) is 0 Å². The molecule has 0 spiro atoms. The van der Waals surface area contributed by atoms with Gasteiger partial charge in [-0.05, 0) is 115 Å². The van der Waals surface area contributed by atoms with Gasteiger partial charge in [0.2, 0.25) is 0 Å². The third-order valence-corrected chi connectivity index (χ3v) is 10.9. The van der Waals surface area contributed by atoms with Gasteiger partial charge in [0.05, 0.1) is 49.0 Å². The molecule has 0 atom stereocenters. The lowest BCUT2D eigenvalue weighted by Crippen LogP contribution is -1.91. The Bertz CT molecular complexity index is 3000. The van der Waals surface area contributed by atoms with Gasteiger partial charge in [-0.15, -0.1) is 0 Å². The molecule has 3 aromatic heterocycles. The molecule has 0 aliphatic carbocycles. The molecule has 16 heteroatoms. The van der Waals surface area contributed by atoms with Gasteiger partial charge in [-0.1, -0.05) is 118 Å². The van der Waals surface area contributed by atoms with Crippen LogP contribution in [0, 0.1) is 0 Å². The average Bonchev–Trinajstić information content (AvgIpc) is 4.18. The summed E-state index contributed by atoms with van der Waals surface area (Å²) in [5, 5.41) is 15.3. The summed E-state index contributed by atoms with van der Waals surface area (Å²) < 4.78 is 0. The lowest BCUT2D eigenvalue weighted by Gasteiger charge is -2.09. The van der Waals surface area contributed by atoms with E-state index in [-0.39, 0.29) is 26.2 Å². The second-order valence-electron chi connectivity index (χ2n) is 14.9. The van der Waals surface area contributed by atoms with Crippen molar-refractivity contribution in [3.8, 4) is 44.5 Å². The standard InChI is InChI=1S/C48H34N16/c49-61-53-25-29-5-1-9-33(21-29)45-37-13-15-39(57-37)46(34-10-2-6-30(22-34)26-54-62-50)41-17-19-43(59-41)48(36-12-4-8-32(24-36)28-56-64-52)44-20-18-42(60-44)47(40-16-14-38(45)58-40)35-11-3-7-31(23-35)27-55-63-51/h1-24,57,60H,25-28H2. The zero-order valence-corrected chi connectivity index (χ0v) is 33.9. The van der Waals surface area contributed by atoms with E-state index in [4.69, 9.17) is 32.1 Å². The minimum absolute atomic E-state index is 0.179. The molecule has 2 aliphatic heterocycles. The molecule has 2 N–H and O–H groups in total. The van der Waals surface area contributed by atoms with Crippen LogP contribution >= 0.6 is 0 Å². The second-order valence-corrected chi connectivity index (χ2v) is 14.9. The number of benzene rings is 4. The number of aromatic nitrogens is 4. The molecule has 306 valence electrons. The first-order valence-electron chi connectivity index (χ1n) is 20.1. The van der Waals surface area contributed by atoms with Crippen LogP contribution in [-0.2, 0) is 26.2 Å². The van der Waals surface area contributed by atoms with Crippen molar-refractivity contribution in [2.24, 2.45) is 20.5 Å². The first-order valence-corrected chi connectivity index (χ1v) is 20.1. The summed E-state index contributed by atoms with van der Waals surface area (Å²) in [6.07, 6.45) is 7.99. The molecule has 5 heterocycles. The van der Waals surface area contributed by atoms with Gasteiger partial charge in [0.1, 0.15) is 0 Å². The first-order chi connectivity index (χ1) is 31.5. The van der Waals surface area contributed by atoms with E-state index in [0.717, 1.165) is 88.8 Å². The first kappa shape index (κ1) is 40.1. The van der Waals surface area contributed by atoms with Gasteiger partial charge in [-0.25, -0.2) is 9.97 Å². The van der Waals surface area contributed by atoms with E-state index in [1.165, 1.54) is 0 Å². The Morgan fingerprint density at radius 2 is 0.609 bits per heavy atom. The van der Waals surface area contributed by atoms with Crippen molar-refractivity contribution in [1.82, 2.24) is 19.9 Å². The Balaban J connectivity index is 1.44. The van der Waals surface area contributed by atoms with Gasteiger partial charge in [-0.2, -0.15) is 0 Å². The van der Waals surface area contributed by atoms with E-state index in [1.54, 1.807) is 0 Å². The van der Waals surface area contributed by atoms with Crippen LogP contribution in [0.2, 0.25) is 0 Å². The van der Waals surface area contributed by atoms with Crippen LogP contribution in [0.4, 0.5) is 0 Å². The molecule has 8 bridgehead atoms. The van der Waals surface area contributed by atoms with Crippen molar-refractivity contribution >= 4 is 46.4 Å². The molecule has 2 aliphatic rings. The van der Waals surface area contributed by atoms with Crippen molar-refractivity contribution in [2.75, 3.05) is 0 Å². The van der Waals surface area contributed by atoms with Crippen LogP contribution in [0.25, 0.3) is 133 Å². The predicted octanol–water partition coefficient (Wildman–Crippen LogP) is 14.6. The van der Waals surface area contributed by atoms with E-state index in [2.05, 4.69) is 50.1 Å². The summed E-state index contributed by atoms with van der Waals surface area (Å²) in [4.78, 5) is 30.2. The van der Waals surface area contributed by atoms with Crippen molar-refractivity contribution in [3.05, 3.63) is 208 Å². The number of rotatable bonds is 12. The number of fused-ring (bicyclic) bond motifs is 8. The highest BCUT2D eigenvalue weighted by molar-refractivity contribution is 6.00. The fourth-order valence-electron chi connectivity index (χ4n) is 8.17. The van der Waals surface area contributed by atoms with Crippen molar-refractivity contribution in [2.45, 2.75) is 26.2 Å². The largest absolute Gasteiger partial charge is 0.354 e. The van der Waals surface area contributed by atoms with Gasteiger partial charge in [0.25, 0.3) is 0 Å². The van der Waals surface area contributed by atoms with Gasteiger partial charge < -0.3 is 9.97 Å². The third-order valence-electron chi connectivity index (χ3n) is 10.9. The number of azide groups is 4. The maximum absolute atomic E-state index is 9.14. The number of hydrogen-bond acceptors (Lipinski definition) is 6. The maximum Gasteiger partial charge on any atom is 0.0737 e. The average molecular weight is 835 g/mol. The molecule has 9 rings (SSSR count). The van der Waals surface area contributed by atoms with Crippen LogP contribution in [0.5, 0.6) is 0 Å². The zero-order valence-electron chi connectivity index (χ0n) is 33.9. The molecular weight excluding hydrogens is 801 g/mol. The fraction of sp³-hybridized carbons (Fsp3) is 0.0833. The minimum Gasteiger partial charge on any atom is -0.354 e. The van der Waals surface area contributed by atoms with Gasteiger partial charge in [0.15, 0.2) is 0 Å². The highest BCUT2D eigenvalue weighted by atomic mass is 15.1. The number of nitrogens with zero attached hydrogens (tertiary/aromatic N) is 14. The topological polar surface area (TPSA) is 252 Å². The Kier molecular flexibility index (Phi) is 11.4. The molecule has 0 unspecified atom stereocenters. The molecule has 0 amide bonds. The van der Waals surface area contributed by atoms with Crippen LogP contribution in [-0.4, -0.2) is 19.9 Å².